The van der Waals surface area contributed by atoms with E-state index in [0.29, 0.717) is 12.8 Å². The van der Waals surface area contributed by atoms with Crippen LogP contribution in [0.5, 0.6) is 0 Å². The summed E-state index contributed by atoms with van der Waals surface area (Å²) in [6.07, 6.45) is 6.16. The second kappa shape index (κ2) is 15.0. The molecule has 0 atom stereocenters. The number of esters is 2. The predicted molar refractivity (Wildman–Crippen MR) is 127 cm³/mol. The van der Waals surface area contributed by atoms with Crippen molar-refractivity contribution in [1.29, 1.82) is 0 Å². The molecule has 2 N–H and O–H groups in total. The molecule has 10 nitrogen and oxygen atoms in total. The van der Waals surface area contributed by atoms with Gasteiger partial charge in [0.25, 0.3) is 0 Å². The number of carbonyl (C=O) groups is 4. The van der Waals surface area contributed by atoms with Gasteiger partial charge in [-0.3, -0.25) is 10.6 Å². The standard InChI is InChI=1S/C24H40N2O8/c1-23(2,3)33-21(29)25-17(19(27)31-7)15-13-11-9-10-12-14-16-18(20(28)32-8)26-22(30)34-24(4,5)6/h15-16H,9-14H2,1-8H3,(H,25,29)(H,26,30)/b17-15-,18-16-. The van der Waals surface area contributed by atoms with Crippen LogP contribution in [0.2, 0.25) is 0 Å². The molecule has 0 aromatic heterocycles. The molecule has 0 bridgehead atoms. The van der Waals surface area contributed by atoms with Crippen molar-refractivity contribution in [2.45, 2.75) is 91.3 Å². The monoisotopic (exact) mass is 484 g/mol. The van der Waals surface area contributed by atoms with Gasteiger partial charge >= 0.3 is 24.1 Å². The fourth-order valence-corrected chi connectivity index (χ4v) is 2.55. The molecule has 0 heterocycles. The third-order valence-corrected chi connectivity index (χ3v) is 3.94. The molecule has 0 unspecified atom stereocenters. The Kier molecular flexibility index (Phi) is 13.6. The van der Waals surface area contributed by atoms with Crippen molar-refractivity contribution in [2.24, 2.45) is 0 Å². The summed E-state index contributed by atoms with van der Waals surface area (Å²) in [7, 11) is 2.47. The number of methoxy groups -OCH3 is 2. The molecule has 0 aromatic carbocycles. The molecule has 34 heavy (non-hydrogen) atoms. The maximum Gasteiger partial charge on any atom is 0.412 e. The number of ether oxygens (including phenoxy) is 4. The lowest BCUT2D eigenvalue weighted by Gasteiger charge is -2.20. The molecule has 0 rings (SSSR count). The topological polar surface area (TPSA) is 129 Å². The Balaban J connectivity index is 4.58. The average Bonchev–Trinajstić information content (AvgIpc) is 2.69. The second-order valence-electron chi connectivity index (χ2n) is 9.46. The third kappa shape index (κ3) is 15.7. The Morgan fingerprint density at radius 1 is 0.618 bits per heavy atom. The second-order valence-corrected chi connectivity index (χ2v) is 9.46. The molecular weight excluding hydrogens is 444 g/mol. The van der Waals surface area contributed by atoms with Crippen LogP contribution in [0.3, 0.4) is 0 Å². The number of allylic oxidation sites excluding steroid dienone is 2. The van der Waals surface area contributed by atoms with Crippen LogP contribution in [0.1, 0.15) is 80.1 Å². The van der Waals surface area contributed by atoms with E-state index < -0.39 is 35.3 Å². The van der Waals surface area contributed by atoms with Crippen molar-refractivity contribution in [3.63, 3.8) is 0 Å². The minimum absolute atomic E-state index is 0.0376. The van der Waals surface area contributed by atoms with Crippen LogP contribution in [0.4, 0.5) is 9.59 Å². The molecule has 10 heteroatoms. The van der Waals surface area contributed by atoms with Crippen molar-refractivity contribution in [1.82, 2.24) is 10.6 Å². The minimum atomic E-state index is -0.725. The van der Waals surface area contributed by atoms with Crippen LogP contribution in [0.25, 0.3) is 0 Å². The van der Waals surface area contributed by atoms with E-state index in [1.807, 2.05) is 0 Å². The zero-order valence-electron chi connectivity index (χ0n) is 21.7. The quantitative estimate of drug-likeness (QED) is 0.190. The van der Waals surface area contributed by atoms with Gasteiger partial charge < -0.3 is 18.9 Å². The fourth-order valence-electron chi connectivity index (χ4n) is 2.55. The van der Waals surface area contributed by atoms with Gasteiger partial charge in [-0.1, -0.05) is 25.0 Å². The molecule has 0 saturated carbocycles. The summed E-state index contributed by atoms with van der Waals surface area (Å²) in [6.45, 7) is 10.4. The molecule has 0 fully saturated rings. The minimum Gasteiger partial charge on any atom is -0.464 e. The Bertz CT molecular complexity index is 694. The smallest absolute Gasteiger partial charge is 0.412 e. The van der Waals surface area contributed by atoms with Gasteiger partial charge in [-0.25, -0.2) is 19.2 Å². The third-order valence-electron chi connectivity index (χ3n) is 3.94. The van der Waals surface area contributed by atoms with Gasteiger partial charge in [0.15, 0.2) is 0 Å². The van der Waals surface area contributed by atoms with Crippen molar-refractivity contribution in [2.75, 3.05) is 14.2 Å². The van der Waals surface area contributed by atoms with Gasteiger partial charge in [0, 0.05) is 0 Å². The SMILES string of the molecule is COC(=O)/C(=C/CCCCCC/C=C(\NC(=O)OC(C)(C)C)C(=O)OC)NC(=O)OC(C)(C)C. The van der Waals surface area contributed by atoms with Crippen LogP contribution in [-0.2, 0) is 28.5 Å². The highest BCUT2D eigenvalue weighted by Gasteiger charge is 2.21. The van der Waals surface area contributed by atoms with Crippen LogP contribution < -0.4 is 10.6 Å². The van der Waals surface area contributed by atoms with E-state index >= 15 is 0 Å². The summed E-state index contributed by atoms with van der Waals surface area (Å²) < 4.78 is 19.7. The molecule has 0 spiro atoms. The van der Waals surface area contributed by atoms with Crippen molar-refractivity contribution in [3.05, 3.63) is 23.5 Å². The molecule has 2 amide bonds. The highest BCUT2D eigenvalue weighted by Crippen LogP contribution is 2.12. The van der Waals surface area contributed by atoms with E-state index in [1.165, 1.54) is 14.2 Å². The number of nitrogens with one attached hydrogen (secondary N) is 2. The molecule has 0 aliphatic rings. The van der Waals surface area contributed by atoms with Crippen molar-refractivity contribution < 1.29 is 38.1 Å². The number of unbranched alkanes of at least 4 members (excludes halogenated alkanes) is 5. The molecular formula is C24H40N2O8. The van der Waals surface area contributed by atoms with Gasteiger partial charge in [-0.05, 0) is 67.2 Å². The fraction of sp³-hybridized carbons (Fsp3) is 0.667. The van der Waals surface area contributed by atoms with Crippen LogP contribution in [0, 0.1) is 0 Å². The van der Waals surface area contributed by atoms with E-state index in [9.17, 15) is 19.2 Å². The lowest BCUT2D eigenvalue weighted by Crippen LogP contribution is -2.34. The summed E-state index contributed by atoms with van der Waals surface area (Å²) in [5, 5.41) is 4.85. The van der Waals surface area contributed by atoms with E-state index in [0.717, 1.165) is 25.7 Å². The van der Waals surface area contributed by atoms with Crippen LogP contribution in [-0.4, -0.2) is 49.5 Å². The Labute approximate surface area is 202 Å². The van der Waals surface area contributed by atoms with E-state index in [-0.39, 0.29) is 11.4 Å². The normalized spacial score (nSPS) is 12.5. The van der Waals surface area contributed by atoms with Crippen LogP contribution in [0.15, 0.2) is 23.5 Å². The lowest BCUT2D eigenvalue weighted by atomic mass is 10.1. The molecule has 194 valence electrons. The summed E-state index contributed by atoms with van der Waals surface area (Å²) in [4.78, 5) is 47.5. The highest BCUT2D eigenvalue weighted by molar-refractivity contribution is 5.92. The number of rotatable bonds is 11. The first-order chi connectivity index (χ1) is 15.7. The van der Waals surface area contributed by atoms with Crippen molar-refractivity contribution in [3.8, 4) is 0 Å². The Hall–Kier alpha value is -3.04. The Morgan fingerprint density at radius 3 is 1.21 bits per heavy atom. The van der Waals surface area contributed by atoms with Crippen molar-refractivity contribution >= 4 is 24.1 Å². The van der Waals surface area contributed by atoms with E-state index in [1.54, 1.807) is 53.7 Å². The summed E-state index contributed by atoms with van der Waals surface area (Å²) in [6, 6.07) is 0. The first kappa shape index (κ1) is 31.0. The summed E-state index contributed by atoms with van der Waals surface area (Å²) >= 11 is 0. The first-order valence-corrected chi connectivity index (χ1v) is 11.3. The number of amides is 2. The number of hydrogen-bond acceptors (Lipinski definition) is 8. The largest absolute Gasteiger partial charge is 0.464 e. The zero-order chi connectivity index (χ0) is 26.4. The van der Waals surface area contributed by atoms with Gasteiger partial charge in [-0.2, -0.15) is 0 Å². The number of hydrogen-bond donors (Lipinski definition) is 2. The van der Waals surface area contributed by atoms with E-state index in [2.05, 4.69) is 10.6 Å². The van der Waals surface area contributed by atoms with Crippen LogP contribution >= 0.6 is 0 Å². The zero-order valence-corrected chi connectivity index (χ0v) is 21.7. The number of alkyl carbamates (subject to hydrolysis) is 2. The molecule has 0 radical (unpaired) electrons. The number of carbonyl (C=O) groups excluding carboxylic acids is 4. The predicted octanol–water partition coefficient (Wildman–Crippen LogP) is 4.49. The molecule has 0 aliphatic carbocycles. The summed E-state index contributed by atoms with van der Waals surface area (Å²) in [5.74, 6) is -1.30. The molecule has 0 saturated heterocycles. The van der Waals surface area contributed by atoms with Gasteiger partial charge in [0.1, 0.15) is 22.6 Å². The van der Waals surface area contributed by atoms with E-state index in [4.69, 9.17) is 18.9 Å². The average molecular weight is 485 g/mol. The maximum atomic E-state index is 11.9. The van der Waals surface area contributed by atoms with Gasteiger partial charge in [0.05, 0.1) is 14.2 Å². The highest BCUT2D eigenvalue weighted by atomic mass is 16.6. The lowest BCUT2D eigenvalue weighted by molar-refractivity contribution is -0.137. The van der Waals surface area contributed by atoms with Gasteiger partial charge in [0.2, 0.25) is 0 Å². The molecule has 0 aromatic rings. The first-order valence-electron chi connectivity index (χ1n) is 11.3. The maximum absolute atomic E-state index is 11.9. The van der Waals surface area contributed by atoms with Gasteiger partial charge in [-0.15, -0.1) is 0 Å². The Morgan fingerprint density at radius 2 is 0.941 bits per heavy atom. The summed E-state index contributed by atoms with van der Waals surface area (Å²) in [5.41, 5.74) is -1.29. The molecule has 0 aliphatic heterocycles.